The van der Waals surface area contributed by atoms with Gasteiger partial charge in [0.15, 0.2) is 6.10 Å². The minimum atomic E-state index is -0.714. The largest absolute Gasteiger partial charge is 0.477 e. The van der Waals surface area contributed by atoms with Crippen LogP contribution in [0.4, 0.5) is 10.7 Å². The van der Waals surface area contributed by atoms with Crippen LogP contribution in [0, 0.1) is 0 Å². The number of morpholine rings is 1. The molecule has 0 radical (unpaired) electrons. The molecule has 3 amide bonds. The Hall–Kier alpha value is -3.11. The Kier molecular flexibility index (Phi) is 5.86. The first-order chi connectivity index (χ1) is 14.5. The molecule has 0 spiro atoms. The first kappa shape index (κ1) is 20.2. The number of nitrogens with one attached hydrogen (secondary N) is 1. The van der Waals surface area contributed by atoms with Crippen molar-refractivity contribution in [3.8, 4) is 5.75 Å². The number of hydrogen-bond donors (Lipinski definition) is 2. The lowest BCUT2D eigenvalue weighted by atomic mass is 10.1. The summed E-state index contributed by atoms with van der Waals surface area (Å²) in [4.78, 5) is 40.7. The smallest absolute Gasteiger partial charge is 0.265 e. The van der Waals surface area contributed by atoms with Crippen LogP contribution >= 0.6 is 11.3 Å². The zero-order valence-electron chi connectivity index (χ0n) is 16.2. The van der Waals surface area contributed by atoms with Crippen molar-refractivity contribution < 1.29 is 23.9 Å². The van der Waals surface area contributed by atoms with Crippen molar-refractivity contribution in [3.05, 3.63) is 41.3 Å². The van der Waals surface area contributed by atoms with Crippen LogP contribution in [0.15, 0.2) is 35.7 Å². The molecule has 1 aromatic carbocycles. The quantitative estimate of drug-likeness (QED) is 0.729. The van der Waals surface area contributed by atoms with Gasteiger partial charge in [-0.2, -0.15) is 0 Å². The Balaban J connectivity index is 1.49. The van der Waals surface area contributed by atoms with E-state index in [2.05, 4.69) is 5.32 Å². The number of amides is 3. The second kappa shape index (κ2) is 8.72. The lowest BCUT2D eigenvalue weighted by molar-refractivity contribution is -0.142. The van der Waals surface area contributed by atoms with Crippen molar-refractivity contribution in [2.75, 3.05) is 49.6 Å². The number of primary amides is 1. The van der Waals surface area contributed by atoms with Gasteiger partial charge in [0, 0.05) is 13.1 Å². The summed E-state index contributed by atoms with van der Waals surface area (Å²) in [5.74, 6) is -0.474. The van der Waals surface area contributed by atoms with E-state index >= 15 is 0 Å². The highest BCUT2D eigenvalue weighted by molar-refractivity contribution is 7.14. The lowest BCUT2D eigenvalue weighted by Crippen LogP contribution is -2.53. The molecule has 10 heteroatoms. The third-order valence-corrected chi connectivity index (χ3v) is 5.81. The van der Waals surface area contributed by atoms with Gasteiger partial charge in [-0.3, -0.25) is 14.4 Å². The molecule has 9 nitrogen and oxygen atoms in total. The number of hydrogen-bond acceptors (Lipinski definition) is 7. The number of fused-ring (bicyclic) bond motifs is 1. The van der Waals surface area contributed by atoms with Gasteiger partial charge in [-0.05, 0) is 23.6 Å². The monoisotopic (exact) mass is 430 g/mol. The number of benzene rings is 1. The molecule has 0 bridgehead atoms. The van der Waals surface area contributed by atoms with Gasteiger partial charge in [0.1, 0.15) is 10.8 Å². The van der Waals surface area contributed by atoms with E-state index in [1.54, 1.807) is 22.4 Å². The lowest BCUT2D eigenvalue weighted by Gasteiger charge is -2.38. The van der Waals surface area contributed by atoms with E-state index in [4.69, 9.17) is 15.2 Å². The highest BCUT2D eigenvalue weighted by Crippen LogP contribution is 2.33. The van der Waals surface area contributed by atoms with E-state index in [-0.39, 0.29) is 30.5 Å². The normalized spacial score (nSPS) is 18.3. The second-order valence-corrected chi connectivity index (χ2v) is 7.88. The number of carbonyl (C=O) groups is 3. The number of nitrogens with zero attached hydrogens (tertiary/aromatic N) is 2. The van der Waals surface area contributed by atoms with Crippen molar-refractivity contribution in [1.82, 2.24) is 4.90 Å². The molecular formula is C20H22N4O5S. The van der Waals surface area contributed by atoms with Crippen LogP contribution in [-0.2, 0) is 14.3 Å². The second-order valence-electron chi connectivity index (χ2n) is 6.97. The number of nitrogens with two attached hydrogens (primary N) is 1. The number of anilines is 2. The summed E-state index contributed by atoms with van der Waals surface area (Å²) < 4.78 is 11.3. The topological polar surface area (TPSA) is 114 Å². The van der Waals surface area contributed by atoms with E-state index in [9.17, 15) is 14.4 Å². The number of carbonyl (C=O) groups excluding carboxylic acids is 3. The predicted octanol–water partition coefficient (Wildman–Crippen LogP) is 0.912. The van der Waals surface area contributed by atoms with Crippen LogP contribution < -0.4 is 20.7 Å². The van der Waals surface area contributed by atoms with E-state index in [0.29, 0.717) is 37.1 Å². The van der Waals surface area contributed by atoms with E-state index in [1.807, 2.05) is 23.1 Å². The minimum Gasteiger partial charge on any atom is -0.477 e. The zero-order chi connectivity index (χ0) is 21.1. The Labute approximate surface area is 177 Å². The van der Waals surface area contributed by atoms with Crippen LogP contribution in [0.1, 0.15) is 10.4 Å². The maximum absolute atomic E-state index is 12.9. The molecular weight excluding hydrogens is 408 g/mol. The van der Waals surface area contributed by atoms with Gasteiger partial charge in [0.2, 0.25) is 5.91 Å². The van der Waals surface area contributed by atoms with Crippen LogP contribution in [0.3, 0.4) is 0 Å². The zero-order valence-corrected chi connectivity index (χ0v) is 17.0. The Bertz CT molecular complexity index is 956. The predicted molar refractivity (Wildman–Crippen MR) is 112 cm³/mol. The average molecular weight is 430 g/mol. The van der Waals surface area contributed by atoms with Crippen LogP contribution in [0.25, 0.3) is 0 Å². The Morgan fingerprint density at radius 1 is 1.17 bits per heavy atom. The standard InChI is InChI=1S/C20H22N4O5S/c21-18(26)13-5-10-30-19(13)22-17(25)12-24-11-16(20(27)23-6-8-28-9-7-23)29-15-4-2-1-3-14(15)24/h1-5,10,16H,6-9,11-12H2,(H2,21,26)(H,22,25)/t16-/m1/s1. The van der Waals surface area contributed by atoms with Crippen molar-refractivity contribution in [1.29, 1.82) is 0 Å². The number of para-hydroxylation sites is 2. The molecule has 2 aliphatic heterocycles. The van der Waals surface area contributed by atoms with E-state index < -0.39 is 12.0 Å². The van der Waals surface area contributed by atoms with Crippen LogP contribution in [0.5, 0.6) is 5.75 Å². The summed E-state index contributed by atoms with van der Waals surface area (Å²) in [7, 11) is 0. The van der Waals surface area contributed by atoms with Crippen molar-refractivity contribution in [2.24, 2.45) is 5.73 Å². The first-order valence-corrected chi connectivity index (χ1v) is 10.4. The van der Waals surface area contributed by atoms with Gasteiger partial charge in [0.05, 0.1) is 37.6 Å². The van der Waals surface area contributed by atoms with Crippen molar-refractivity contribution in [2.45, 2.75) is 6.10 Å². The van der Waals surface area contributed by atoms with Crippen LogP contribution in [0.2, 0.25) is 0 Å². The molecule has 2 aromatic rings. The molecule has 2 aliphatic rings. The summed E-state index contributed by atoms with van der Waals surface area (Å²) in [5.41, 5.74) is 6.35. The molecule has 0 saturated carbocycles. The summed E-state index contributed by atoms with van der Waals surface area (Å²) >= 11 is 1.23. The number of rotatable bonds is 5. The van der Waals surface area contributed by atoms with Crippen molar-refractivity contribution in [3.63, 3.8) is 0 Å². The van der Waals surface area contributed by atoms with Gasteiger partial charge in [-0.15, -0.1) is 11.3 Å². The Morgan fingerprint density at radius 3 is 2.70 bits per heavy atom. The maximum atomic E-state index is 12.9. The molecule has 3 N–H and O–H groups in total. The summed E-state index contributed by atoms with van der Waals surface area (Å²) in [5, 5.41) is 4.85. The van der Waals surface area contributed by atoms with Crippen molar-refractivity contribution >= 4 is 39.7 Å². The molecule has 1 fully saturated rings. The molecule has 0 unspecified atom stereocenters. The van der Waals surface area contributed by atoms with E-state index in [1.165, 1.54) is 11.3 Å². The minimum absolute atomic E-state index is 0.00334. The highest BCUT2D eigenvalue weighted by atomic mass is 32.1. The molecule has 158 valence electrons. The van der Waals surface area contributed by atoms with Gasteiger partial charge in [0.25, 0.3) is 11.8 Å². The fourth-order valence-corrected chi connectivity index (χ4v) is 4.32. The molecule has 1 saturated heterocycles. The third kappa shape index (κ3) is 4.24. The fourth-order valence-electron chi connectivity index (χ4n) is 3.51. The molecule has 3 heterocycles. The maximum Gasteiger partial charge on any atom is 0.265 e. The van der Waals surface area contributed by atoms with E-state index in [0.717, 1.165) is 5.69 Å². The molecule has 4 rings (SSSR count). The Morgan fingerprint density at radius 2 is 1.93 bits per heavy atom. The fraction of sp³-hybridized carbons (Fsp3) is 0.350. The van der Waals surface area contributed by atoms with Gasteiger partial charge >= 0.3 is 0 Å². The molecule has 0 aliphatic carbocycles. The molecule has 1 aromatic heterocycles. The molecule has 1 atom stereocenters. The molecule has 30 heavy (non-hydrogen) atoms. The average Bonchev–Trinajstić information content (AvgIpc) is 3.22. The first-order valence-electron chi connectivity index (χ1n) is 9.57. The summed E-state index contributed by atoms with van der Waals surface area (Å²) in [6.07, 6.45) is -0.714. The third-order valence-electron chi connectivity index (χ3n) is 4.98. The van der Waals surface area contributed by atoms with Gasteiger partial charge in [-0.25, -0.2) is 0 Å². The number of ether oxygens (including phenoxy) is 2. The van der Waals surface area contributed by atoms with Gasteiger partial charge < -0.3 is 30.3 Å². The summed E-state index contributed by atoms with van der Waals surface area (Å²) in [6.45, 7) is 2.30. The van der Waals surface area contributed by atoms with Gasteiger partial charge in [-0.1, -0.05) is 12.1 Å². The SMILES string of the molecule is NC(=O)c1ccsc1NC(=O)CN1C[C@H](C(=O)N2CCOCC2)Oc2ccccc21. The highest BCUT2D eigenvalue weighted by Gasteiger charge is 2.34. The number of thiophene rings is 1. The van der Waals surface area contributed by atoms with Crippen LogP contribution in [-0.4, -0.2) is 68.1 Å². The summed E-state index contributed by atoms with van der Waals surface area (Å²) in [6, 6.07) is 8.87.